The molecule has 1 aliphatic rings. The van der Waals surface area contributed by atoms with Gasteiger partial charge in [0.15, 0.2) is 0 Å². The van der Waals surface area contributed by atoms with Crippen LogP contribution in [0.2, 0.25) is 0 Å². The molecule has 1 aromatic rings. The lowest BCUT2D eigenvalue weighted by atomic mass is 10.1. The zero-order valence-electron chi connectivity index (χ0n) is 12.1. The Balaban J connectivity index is 1.58. The van der Waals surface area contributed by atoms with Crippen LogP contribution in [-0.2, 0) is 11.2 Å². The van der Waals surface area contributed by atoms with Crippen molar-refractivity contribution in [2.75, 3.05) is 13.1 Å². The molecule has 1 aromatic heterocycles. The van der Waals surface area contributed by atoms with Crippen molar-refractivity contribution in [1.29, 1.82) is 0 Å². The zero-order chi connectivity index (χ0) is 14.0. The van der Waals surface area contributed by atoms with Gasteiger partial charge in [-0.1, -0.05) is 25.7 Å². The Morgan fingerprint density at radius 2 is 1.85 bits per heavy atom. The summed E-state index contributed by atoms with van der Waals surface area (Å²) in [5.74, 6) is 0.131. The first-order valence-electron chi connectivity index (χ1n) is 7.73. The molecule has 0 spiro atoms. The maximum absolute atomic E-state index is 11.9. The molecule has 1 amide bonds. The second-order valence-electron chi connectivity index (χ2n) is 5.54. The van der Waals surface area contributed by atoms with Gasteiger partial charge >= 0.3 is 0 Å². The van der Waals surface area contributed by atoms with Crippen molar-refractivity contribution >= 4 is 5.91 Å². The van der Waals surface area contributed by atoms with Crippen LogP contribution < -0.4 is 10.6 Å². The lowest BCUT2D eigenvalue weighted by molar-refractivity contribution is -0.121. The van der Waals surface area contributed by atoms with E-state index in [9.17, 15) is 4.79 Å². The van der Waals surface area contributed by atoms with Gasteiger partial charge in [0.25, 0.3) is 0 Å². The molecule has 2 N–H and O–H groups in total. The van der Waals surface area contributed by atoms with Gasteiger partial charge in [-0.2, -0.15) is 0 Å². The first-order chi connectivity index (χ1) is 9.84. The molecule has 0 saturated heterocycles. The number of amides is 1. The third-order valence-corrected chi connectivity index (χ3v) is 3.85. The predicted molar refractivity (Wildman–Crippen MR) is 80.4 cm³/mol. The van der Waals surface area contributed by atoms with E-state index in [-0.39, 0.29) is 5.91 Å². The number of carbonyl (C=O) groups excluding carboxylic acids is 1. The number of hydrogen-bond acceptors (Lipinski definition) is 3. The summed E-state index contributed by atoms with van der Waals surface area (Å²) in [4.78, 5) is 15.8. The van der Waals surface area contributed by atoms with Gasteiger partial charge < -0.3 is 10.6 Å². The summed E-state index contributed by atoms with van der Waals surface area (Å²) in [5.41, 5.74) is 1.25. The summed E-state index contributed by atoms with van der Waals surface area (Å²) in [6, 6.07) is 4.41. The molecule has 0 aromatic carbocycles. The maximum atomic E-state index is 11.9. The average molecular weight is 275 g/mol. The van der Waals surface area contributed by atoms with Crippen LogP contribution in [0.5, 0.6) is 0 Å². The van der Waals surface area contributed by atoms with Crippen LogP contribution in [0.3, 0.4) is 0 Å². The van der Waals surface area contributed by atoms with E-state index >= 15 is 0 Å². The first kappa shape index (κ1) is 15.0. The van der Waals surface area contributed by atoms with Crippen molar-refractivity contribution in [2.45, 2.75) is 51.0 Å². The molecular weight excluding hydrogens is 250 g/mol. The van der Waals surface area contributed by atoms with Gasteiger partial charge in [-0.3, -0.25) is 9.78 Å². The smallest absolute Gasteiger partial charge is 0.234 e. The van der Waals surface area contributed by atoms with Gasteiger partial charge in [0, 0.05) is 18.4 Å². The molecule has 0 atom stereocenters. The molecule has 2 rings (SSSR count). The Labute approximate surface area is 121 Å². The van der Waals surface area contributed by atoms with Crippen LogP contribution in [-0.4, -0.2) is 30.0 Å². The van der Waals surface area contributed by atoms with Gasteiger partial charge in [-0.05, 0) is 43.5 Å². The van der Waals surface area contributed by atoms with Crippen LogP contribution in [0, 0.1) is 0 Å². The minimum atomic E-state index is 0.131. The Bertz CT molecular complexity index is 386. The van der Waals surface area contributed by atoms with E-state index < -0.39 is 0 Å². The Hall–Kier alpha value is -1.42. The molecule has 1 heterocycles. The van der Waals surface area contributed by atoms with Crippen LogP contribution in [0.15, 0.2) is 24.5 Å². The summed E-state index contributed by atoms with van der Waals surface area (Å²) < 4.78 is 0. The van der Waals surface area contributed by atoms with Crippen LogP contribution >= 0.6 is 0 Å². The quantitative estimate of drug-likeness (QED) is 0.617. The van der Waals surface area contributed by atoms with Crippen LogP contribution in [0.25, 0.3) is 0 Å². The van der Waals surface area contributed by atoms with Crippen LogP contribution in [0.4, 0.5) is 0 Å². The van der Waals surface area contributed by atoms with Gasteiger partial charge in [-0.15, -0.1) is 0 Å². The number of rotatable bonds is 6. The van der Waals surface area contributed by atoms with Gasteiger partial charge in [-0.25, -0.2) is 0 Å². The molecule has 0 aliphatic heterocycles. The Kier molecular flexibility index (Phi) is 6.51. The number of pyridine rings is 1. The second-order valence-corrected chi connectivity index (χ2v) is 5.54. The predicted octanol–water partition coefficient (Wildman–Crippen LogP) is 2.05. The molecule has 1 aliphatic carbocycles. The highest BCUT2D eigenvalue weighted by molar-refractivity contribution is 5.78. The van der Waals surface area contributed by atoms with Crippen molar-refractivity contribution < 1.29 is 4.79 Å². The van der Waals surface area contributed by atoms with E-state index in [0.29, 0.717) is 12.6 Å². The summed E-state index contributed by atoms with van der Waals surface area (Å²) in [6.45, 7) is 1.24. The largest absolute Gasteiger partial charge is 0.352 e. The molecule has 1 saturated carbocycles. The highest BCUT2D eigenvalue weighted by atomic mass is 16.1. The van der Waals surface area contributed by atoms with E-state index in [1.165, 1.54) is 31.2 Å². The fourth-order valence-electron chi connectivity index (χ4n) is 2.69. The molecule has 4 heteroatoms. The summed E-state index contributed by atoms with van der Waals surface area (Å²) in [6.07, 6.45) is 11.9. The Morgan fingerprint density at radius 3 is 2.55 bits per heavy atom. The molecule has 1 fully saturated rings. The highest BCUT2D eigenvalue weighted by Crippen LogP contribution is 2.16. The minimum absolute atomic E-state index is 0.131. The van der Waals surface area contributed by atoms with Crippen LogP contribution in [0.1, 0.15) is 44.1 Å². The van der Waals surface area contributed by atoms with E-state index in [4.69, 9.17) is 0 Å². The first-order valence-corrected chi connectivity index (χ1v) is 7.73. The van der Waals surface area contributed by atoms with Gasteiger partial charge in [0.2, 0.25) is 5.91 Å². The van der Waals surface area contributed by atoms with Crippen molar-refractivity contribution in [3.05, 3.63) is 30.1 Å². The molecule has 20 heavy (non-hydrogen) atoms. The normalized spacial score (nSPS) is 16.6. The van der Waals surface area contributed by atoms with Crippen molar-refractivity contribution in [2.24, 2.45) is 0 Å². The monoisotopic (exact) mass is 275 g/mol. The third kappa shape index (κ3) is 5.70. The molecule has 0 radical (unpaired) electrons. The molecule has 110 valence electrons. The fraction of sp³-hybridized carbons (Fsp3) is 0.625. The highest BCUT2D eigenvalue weighted by Gasteiger charge is 2.14. The SMILES string of the molecule is O=C(CNCCc1ccncc1)NC1CCCCCC1. The van der Waals surface area contributed by atoms with Crippen molar-refractivity contribution in [1.82, 2.24) is 15.6 Å². The standard InChI is InChI=1S/C16H25N3O/c20-16(19-15-5-3-1-2-4-6-15)13-18-12-9-14-7-10-17-11-8-14/h7-8,10-11,15,18H,1-6,9,12-13H2,(H,19,20). The van der Waals surface area contributed by atoms with Crippen molar-refractivity contribution in [3.8, 4) is 0 Å². The lowest BCUT2D eigenvalue weighted by Gasteiger charge is -2.16. The number of nitrogens with one attached hydrogen (secondary N) is 2. The number of nitrogens with zero attached hydrogens (tertiary/aromatic N) is 1. The van der Waals surface area contributed by atoms with E-state index in [1.807, 2.05) is 12.1 Å². The summed E-state index contributed by atoms with van der Waals surface area (Å²) >= 11 is 0. The second kappa shape index (κ2) is 8.69. The number of carbonyl (C=O) groups is 1. The van der Waals surface area contributed by atoms with E-state index in [1.54, 1.807) is 12.4 Å². The third-order valence-electron chi connectivity index (χ3n) is 3.85. The van der Waals surface area contributed by atoms with Crippen molar-refractivity contribution in [3.63, 3.8) is 0 Å². The molecule has 0 bridgehead atoms. The van der Waals surface area contributed by atoms with E-state index in [0.717, 1.165) is 25.8 Å². The molecular formula is C16H25N3O. The molecule has 4 nitrogen and oxygen atoms in total. The fourth-order valence-corrected chi connectivity index (χ4v) is 2.69. The average Bonchev–Trinajstić information content (AvgIpc) is 2.73. The number of aromatic nitrogens is 1. The minimum Gasteiger partial charge on any atom is -0.352 e. The van der Waals surface area contributed by atoms with E-state index in [2.05, 4.69) is 15.6 Å². The summed E-state index contributed by atoms with van der Waals surface area (Å²) in [7, 11) is 0. The topological polar surface area (TPSA) is 54.0 Å². The van der Waals surface area contributed by atoms with Gasteiger partial charge in [0.1, 0.15) is 0 Å². The zero-order valence-corrected chi connectivity index (χ0v) is 12.1. The summed E-state index contributed by atoms with van der Waals surface area (Å²) in [5, 5.41) is 6.35. The maximum Gasteiger partial charge on any atom is 0.234 e. The molecule has 0 unspecified atom stereocenters. The Morgan fingerprint density at radius 1 is 1.15 bits per heavy atom. The number of hydrogen-bond donors (Lipinski definition) is 2. The lowest BCUT2D eigenvalue weighted by Crippen LogP contribution is -2.40. The van der Waals surface area contributed by atoms with Gasteiger partial charge in [0.05, 0.1) is 6.54 Å².